The van der Waals surface area contributed by atoms with Gasteiger partial charge in [0, 0.05) is 68.0 Å². The van der Waals surface area contributed by atoms with E-state index in [4.69, 9.17) is 10.5 Å². The van der Waals surface area contributed by atoms with Crippen LogP contribution in [0.2, 0.25) is 0 Å². The zero-order valence-corrected chi connectivity index (χ0v) is 23.5. The predicted octanol–water partition coefficient (Wildman–Crippen LogP) is 3.55. The van der Waals surface area contributed by atoms with E-state index in [0.717, 1.165) is 5.56 Å². The van der Waals surface area contributed by atoms with Crippen LogP contribution in [0.1, 0.15) is 22.8 Å². The van der Waals surface area contributed by atoms with Gasteiger partial charge in [0.25, 0.3) is 5.91 Å². The summed E-state index contributed by atoms with van der Waals surface area (Å²) in [5.41, 5.74) is 8.35. The minimum atomic E-state index is -1.08. The maximum Gasteiger partial charge on any atom is 0.317 e. The number of hydrogen-bond donors (Lipinski definition) is 3. The van der Waals surface area contributed by atoms with Crippen molar-refractivity contribution in [1.29, 1.82) is 0 Å². The van der Waals surface area contributed by atoms with Gasteiger partial charge in [0.1, 0.15) is 0 Å². The fraction of sp³-hybridized carbons (Fsp3) is 0.310. The number of piperazine rings is 1. The molecule has 1 atom stereocenters. The summed E-state index contributed by atoms with van der Waals surface area (Å²) in [6.07, 6.45) is 4.58. The van der Waals surface area contributed by atoms with Crippen LogP contribution < -0.4 is 21.1 Å². The maximum atomic E-state index is 14.8. The average molecular weight is 579 g/mol. The number of carbonyl (C=O) groups is 2. The van der Waals surface area contributed by atoms with Gasteiger partial charge in [-0.25, -0.2) is 19.2 Å². The molecule has 220 valence electrons. The molecule has 4 N–H and O–H groups in total. The molecule has 2 aromatic carbocycles. The first-order valence-electron chi connectivity index (χ1n) is 13.5. The number of methoxy groups -OCH3 is 1. The quantitative estimate of drug-likeness (QED) is 0.306. The lowest BCUT2D eigenvalue weighted by molar-refractivity contribution is 0.0663. The number of hydrogen-bond acceptors (Lipinski definition) is 7. The molecule has 0 spiro atoms. The van der Waals surface area contributed by atoms with Gasteiger partial charge >= 0.3 is 6.03 Å². The summed E-state index contributed by atoms with van der Waals surface area (Å²) in [4.78, 5) is 37.8. The van der Waals surface area contributed by atoms with Crippen molar-refractivity contribution >= 4 is 29.1 Å². The second-order valence-corrected chi connectivity index (χ2v) is 10.1. The Hall–Kier alpha value is -4.78. The number of nitrogens with two attached hydrogens (primary N) is 1. The van der Waals surface area contributed by atoms with Crippen molar-refractivity contribution in [2.24, 2.45) is 5.73 Å². The van der Waals surface area contributed by atoms with Crippen molar-refractivity contribution in [2.75, 3.05) is 45.2 Å². The number of aryl methyl sites for hydroxylation is 1. The number of aromatic nitrogens is 3. The summed E-state index contributed by atoms with van der Waals surface area (Å²) < 4.78 is 35.6. The van der Waals surface area contributed by atoms with Crippen LogP contribution in [0.3, 0.4) is 0 Å². The second-order valence-electron chi connectivity index (χ2n) is 10.1. The molecule has 3 heterocycles. The maximum absolute atomic E-state index is 14.8. The highest BCUT2D eigenvalue weighted by Gasteiger charge is 2.26. The van der Waals surface area contributed by atoms with Crippen molar-refractivity contribution in [3.8, 4) is 17.0 Å². The third-order valence-corrected chi connectivity index (χ3v) is 7.27. The number of anilines is 2. The molecule has 13 heteroatoms. The average Bonchev–Trinajstić information content (AvgIpc) is 3.43. The van der Waals surface area contributed by atoms with Gasteiger partial charge in [-0.15, -0.1) is 0 Å². The molecule has 1 fully saturated rings. The molecular formula is C29H32F2N8O3. The van der Waals surface area contributed by atoms with Crippen LogP contribution in [-0.4, -0.2) is 82.0 Å². The second kappa shape index (κ2) is 12.0. The van der Waals surface area contributed by atoms with Gasteiger partial charge in [0.15, 0.2) is 23.0 Å². The normalized spacial score (nSPS) is 14.1. The Morgan fingerprint density at radius 2 is 1.81 bits per heavy atom. The van der Waals surface area contributed by atoms with Crippen molar-refractivity contribution in [1.82, 2.24) is 29.5 Å². The van der Waals surface area contributed by atoms with Gasteiger partial charge < -0.3 is 30.9 Å². The van der Waals surface area contributed by atoms with Crippen LogP contribution in [0.15, 0.2) is 48.9 Å². The summed E-state index contributed by atoms with van der Waals surface area (Å²) in [7, 11) is 1.27. The van der Waals surface area contributed by atoms with E-state index in [2.05, 4.69) is 20.6 Å². The van der Waals surface area contributed by atoms with E-state index in [0.29, 0.717) is 61.1 Å². The minimum Gasteiger partial charge on any atom is -0.494 e. The van der Waals surface area contributed by atoms with E-state index in [-0.39, 0.29) is 29.3 Å². The number of imidazole rings is 1. The number of carbonyl (C=O) groups excluding carboxylic acids is 2. The number of amides is 3. The lowest BCUT2D eigenvalue weighted by Crippen LogP contribution is -2.55. The smallest absolute Gasteiger partial charge is 0.317 e. The number of nitrogens with one attached hydrogen (secondary N) is 2. The summed E-state index contributed by atoms with van der Waals surface area (Å²) in [6.45, 7) is 5.76. The van der Waals surface area contributed by atoms with Gasteiger partial charge in [-0.3, -0.25) is 9.20 Å². The number of urea groups is 1. The molecule has 0 bridgehead atoms. The first-order chi connectivity index (χ1) is 20.2. The lowest BCUT2D eigenvalue weighted by Gasteiger charge is -2.35. The summed E-state index contributed by atoms with van der Waals surface area (Å²) in [5, 5.41) is 6.06. The molecular weight excluding hydrogens is 546 g/mol. The molecule has 3 amide bonds. The highest BCUT2D eigenvalue weighted by Crippen LogP contribution is 2.31. The van der Waals surface area contributed by atoms with Crippen molar-refractivity contribution < 1.29 is 23.1 Å². The third kappa shape index (κ3) is 5.55. The van der Waals surface area contributed by atoms with Crippen LogP contribution in [0.5, 0.6) is 5.75 Å². The molecule has 0 aliphatic carbocycles. The zero-order valence-electron chi connectivity index (χ0n) is 23.5. The molecule has 1 saturated heterocycles. The monoisotopic (exact) mass is 578 g/mol. The first-order valence-corrected chi connectivity index (χ1v) is 13.5. The van der Waals surface area contributed by atoms with E-state index in [1.54, 1.807) is 32.5 Å². The molecule has 2 aromatic heterocycles. The first kappa shape index (κ1) is 28.7. The predicted molar refractivity (Wildman–Crippen MR) is 154 cm³/mol. The van der Waals surface area contributed by atoms with Crippen LogP contribution in [-0.2, 0) is 0 Å². The summed E-state index contributed by atoms with van der Waals surface area (Å²) in [6, 6.07) is 7.84. The van der Waals surface area contributed by atoms with Crippen molar-refractivity contribution in [2.45, 2.75) is 19.9 Å². The molecule has 11 nitrogen and oxygen atoms in total. The number of ether oxygens (including phenoxy) is 1. The van der Waals surface area contributed by atoms with Gasteiger partial charge in [0.05, 0.1) is 19.0 Å². The third-order valence-electron chi connectivity index (χ3n) is 7.27. The lowest BCUT2D eigenvalue weighted by atomic mass is 10.1. The zero-order chi connectivity index (χ0) is 30.0. The van der Waals surface area contributed by atoms with E-state index < -0.39 is 11.6 Å². The molecule has 42 heavy (non-hydrogen) atoms. The highest BCUT2D eigenvalue weighted by molar-refractivity contribution is 5.96. The molecule has 0 radical (unpaired) electrons. The van der Waals surface area contributed by atoms with Crippen LogP contribution in [0, 0.1) is 18.6 Å². The van der Waals surface area contributed by atoms with Gasteiger partial charge in [-0.1, -0.05) is 0 Å². The highest BCUT2D eigenvalue weighted by atomic mass is 19.2. The largest absolute Gasteiger partial charge is 0.494 e. The Labute approximate surface area is 241 Å². The summed E-state index contributed by atoms with van der Waals surface area (Å²) >= 11 is 0. The number of halogens is 2. The molecule has 1 aliphatic rings. The minimum absolute atomic E-state index is 0.0308. The molecule has 0 saturated carbocycles. The fourth-order valence-electron chi connectivity index (χ4n) is 4.86. The Bertz CT molecular complexity index is 1630. The molecule has 0 unspecified atom stereocenters. The number of rotatable bonds is 7. The van der Waals surface area contributed by atoms with Crippen LogP contribution >= 0.6 is 0 Å². The van der Waals surface area contributed by atoms with Gasteiger partial charge in [-0.05, 0) is 49.7 Å². The fourth-order valence-corrected chi connectivity index (χ4v) is 4.86. The van der Waals surface area contributed by atoms with Gasteiger partial charge in [-0.2, -0.15) is 4.39 Å². The van der Waals surface area contributed by atoms with E-state index in [1.807, 2.05) is 19.9 Å². The SMILES string of the molecule is COc1ccc(-c2cnc3c(Nc4ccc(C(=O)N5CCN(C(=O)N[C@H](C)CN)CC5)c(C)c4)nccn23)c(F)c1F. The standard InChI is InChI=1S/C29H32F2N8O3/c1-17-14-19(4-5-20(17)28(40)37-10-12-38(13-11-37)29(41)35-18(2)15-32)36-26-27-34-16-22(39(27)9-8-33-26)21-6-7-23(42-3)25(31)24(21)30/h4-9,14,16,18H,10-13,15,32H2,1-3H3,(H,33,36)(H,35,41)/t18-/m1/s1. The number of nitrogens with zero attached hydrogens (tertiary/aromatic N) is 5. The summed E-state index contributed by atoms with van der Waals surface area (Å²) in [5.74, 6) is -2.01. The Morgan fingerprint density at radius 1 is 1.07 bits per heavy atom. The Kier molecular flexibility index (Phi) is 8.20. The van der Waals surface area contributed by atoms with Crippen molar-refractivity contribution in [3.63, 3.8) is 0 Å². The molecule has 5 rings (SSSR count). The van der Waals surface area contributed by atoms with Crippen LogP contribution in [0.25, 0.3) is 16.9 Å². The van der Waals surface area contributed by atoms with E-state index >= 15 is 0 Å². The van der Waals surface area contributed by atoms with Crippen LogP contribution in [0.4, 0.5) is 25.1 Å². The Balaban J connectivity index is 1.30. The number of fused-ring (bicyclic) bond motifs is 1. The van der Waals surface area contributed by atoms with E-state index in [1.165, 1.54) is 31.6 Å². The topological polar surface area (TPSA) is 130 Å². The van der Waals surface area contributed by atoms with E-state index in [9.17, 15) is 18.4 Å². The number of benzene rings is 2. The van der Waals surface area contributed by atoms with Gasteiger partial charge in [0.2, 0.25) is 5.82 Å². The van der Waals surface area contributed by atoms with Crippen molar-refractivity contribution in [3.05, 3.63) is 71.7 Å². The molecule has 1 aliphatic heterocycles. The molecule has 4 aromatic rings. The Morgan fingerprint density at radius 3 is 2.50 bits per heavy atom.